The van der Waals surface area contributed by atoms with E-state index in [1.54, 1.807) is 20.9 Å². The molecule has 0 aliphatic carbocycles. The van der Waals surface area contributed by atoms with Gasteiger partial charge in [0.05, 0.1) is 6.10 Å². The van der Waals surface area contributed by atoms with E-state index < -0.39 is 30.7 Å². The highest BCUT2D eigenvalue weighted by Gasteiger charge is 2.43. The monoisotopic (exact) mass is 219 g/mol. The maximum atomic E-state index is 9.56. The minimum absolute atomic E-state index is 0.342. The van der Waals surface area contributed by atoms with Crippen molar-refractivity contribution in [3.63, 3.8) is 0 Å². The fourth-order valence-electron chi connectivity index (χ4n) is 1.33. The molecule has 0 bridgehead atoms. The number of hydrogen-bond acceptors (Lipinski definition) is 6. The van der Waals surface area contributed by atoms with Crippen molar-refractivity contribution in [1.29, 1.82) is 0 Å². The quantitative estimate of drug-likeness (QED) is 0.384. The predicted molar refractivity (Wildman–Crippen MR) is 52.5 cm³/mol. The Balaban J connectivity index is 2.66. The van der Waals surface area contributed by atoms with Crippen LogP contribution in [0, 0.1) is 0 Å². The Morgan fingerprint density at radius 2 is 1.80 bits per heavy atom. The molecule has 6 heteroatoms. The average Bonchev–Trinajstić information content (AvgIpc) is 2.22. The number of rotatable bonds is 1. The van der Waals surface area contributed by atoms with Crippen LogP contribution in [-0.2, 0) is 9.47 Å². The molecule has 1 aliphatic heterocycles. The molecule has 1 heterocycles. The van der Waals surface area contributed by atoms with Gasteiger partial charge in [-0.25, -0.2) is 0 Å². The van der Waals surface area contributed by atoms with Crippen LogP contribution in [0.2, 0.25) is 0 Å². The molecule has 6 nitrogen and oxygen atoms in total. The molecule has 0 radical (unpaired) electrons. The first-order chi connectivity index (χ1) is 6.97. The van der Waals surface area contributed by atoms with E-state index in [2.05, 4.69) is 4.99 Å². The van der Waals surface area contributed by atoms with Gasteiger partial charge in [-0.15, -0.1) is 0 Å². The van der Waals surface area contributed by atoms with Crippen molar-refractivity contribution in [1.82, 2.24) is 0 Å². The van der Waals surface area contributed by atoms with E-state index >= 15 is 0 Å². The molecule has 3 N–H and O–H groups in total. The van der Waals surface area contributed by atoms with Crippen molar-refractivity contribution < 1.29 is 24.8 Å². The van der Waals surface area contributed by atoms with Crippen molar-refractivity contribution in [2.24, 2.45) is 4.99 Å². The van der Waals surface area contributed by atoms with Crippen LogP contribution in [0.25, 0.3) is 0 Å². The van der Waals surface area contributed by atoms with Gasteiger partial charge in [0.25, 0.3) is 0 Å². The van der Waals surface area contributed by atoms with Crippen molar-refractivity contribution in [2.45, 2.75) is 44.6 Å². The molecule has 1 fully saturated rings. The fraction of sp³-hybridized carbons (Fsp3) is 0.889. The Labute approximate surface area is 88.2 Å². The molecule has 0 amide bonds. The zero-order valence-corrected chi connectivity index (χ0v) is 8.99. The van der Waals surface area contributed by atoms with Crippen LogP contribution in [0.4, 0.5) is 0 Å². The molecule has 1 saturated heterocycles. The van der Waals surface area contributed by atoms with Crippen LogP contribution in [0.3, 0.4) is 0 Å². The molecule has 0 spiro atoms. The summed E-state index contributed by atoms with van der Waals surface area (Å²) in [7, 11) is 1.54. The highest BCUT2D eigenvalue weighted by atomic mass is 16.7. The van der Waals surface area contributed by atoms with Crippen LogP contribution < -0.4 is 0 Å². The van der Waals surface area contributed by atoms with Crippen molar-refractivity contribution >= 4 is 5.90 Å². The highest BCUT2D eigenvalue weighted by molar-refractivity contribution is 5.73. The number of ether oxygens (including phenoxy) is 2. The molecule has 88 valence electrons. The Morgan fingerprint density at radius 1 is 1.20 bits per heavy atom. The molecule has 1 aliphatic rings. The molecule has 1 unspecified atom stereocenters. The largest absolute Gasteiger partial charge is 0.449 e. The van der Waals surface area contributed by atoms with Gasteiger partial charge in [0.1, 0.15) is 18.3 Å². The summed E-state index contributed by atoms with van der Waals surface area (Å²) in [5.74, 6) is 0.342. The van der Waals surface area contributed by atoms with Gasteiger partial charge < -0.3 is 24.8 Å². The lowest BCUT2D eigenvalue weighted by Crippen LogP contribution is -2.57. The Hall–Kier alpha value is -0.690. The summed E-state index contributed by atoms with van der Waals surface area (Å²) in [6, 6.07) is 0. The van der Waals surface area contributed by atoms with Crippen molar-refractivity contribution in [3.8, 4) is 0 Å². The zero-order valence-electron chi connectivity index (χ0n) is 8.99. The summed E-state index contributed by atoms with van der Waals surface area (Å²) >= 11 is 0. The Kier molecular flexibility index (Phi) is 4.04. The Morgan fingerprint density at radius 3 is 2.33 bits per heavy atom. The second-order valence-corrected chi connectivity index (χ2v) is 3.54. The molecule has 1 rings (SSSR count). The summed E-state index contributed by atoms with van der Waals surface area (Å²) < 4.78 is 10.3. The van der Waals surface area contributed by atoms with Gasteiger partial charge in [0.15, 0.2) is 5.90 Å². The third-order valence-corrected chi connectivity index (χ3v) is 2.41. The zero-order chi connectivity index (χ0) is 11.6. The molecule has 0 aromatic carbocycles. The fourth-order valence-corrected chi connectivity index (χ4v) is 1.33. The topological polar surface area (TPSA) is 91.5 Å². The number of aliphatic imine (C=N–C) groups is 1. The van der Waals surface area contributed by atoms with Gasteiger partial charge in [-0.05, 0) is 6.92 Å². The minimum Gasteiger partial charge on any atom is -0.449 e. The van der Waals surface area contributed by atoms with E-state index in [-0.39, 0.29) is 0 Å². The second kappa shape index (κ2) is 4.89. The summed E-state index contributed by atoms with van der Waals surface area (Å²) in [5, 5.41) is 28.4. The van der Waals surface area contributed by atoms with Crippen molar-refractivity contribution in [2.75, 3.05) is 7.05 Å². The Bertz CT molecular complexity index is 245. The van der Waals surface area contributed by atoms with Crippen LogP contribution in [0.15, 0.2) is 4.99 Å². The van der Waals surface area contributed by atoms with Crippen LogP contribution >= 0.6 is 0 Å². The predicted octanol–water partition coefficient (Wildman–Crippen LogP) is -1.12. The maximum absolute atomic E-state index is 9.56. The third kappa shape index (κ3) is 2.66. The average molecular weight is 219 g/mol. The standard InChI is InChI=1S/C9H17NO5/c1-4-6(11)7(12)8(13)9(14-4)15-5(2)10-3/h4,6-9,11-13H,1-3H3/t4-,6+,7+,8-,9?/m1/s1. The summed E-state index contributed by atoms with van der Waals surface area (Å²) in [6.45, 7) is 3.20. The van der Waals surface area contributed by atoms with Crippen LogP contribution in [-0.4, -0.2) is 59.0 Å². The van der Waals surface area contributed by atoms with Crippen LogP contribution in [0.1, 0.15) is 13.8 Å². The molecular formula is C9H17NO5. The summed E-state index contributed by atoms with van der Waals surface area (Å²) in [4.78, 5) is 3.75. The molecule has 0 aromatic heterocycles. The summed E-state index contributed by atoms with van der Waals surface area (Å²) in [6.07, 6.45) is -5.27. The highest BCUT2D eigenvalue weighted by Crippen LogP contribution is 2.21. The number of hydrogen-bond donors (Lipinski definition) is 3. The normalized spacial score (nSPS) is 42.8. The first-order valence-corrected chi connectivity index (χ1v) is 4.77. The van der Waals surface area contributed by atoms with Crippen molar-refractivity contribution in [3.05, 3.63) is 0 Å². The van der Waals surface area contributed by atoms with E-state index in [0.717, 1.165) is 0 Å². The van der Waals surface area contributed by atoms with E-state index in [1.807, 2.05) is 0 Å². The lowest BCUT2D eigenvalue weighted by atomic mass is 10.0. The number of nitrogens with zero attached hydrogens (tertiary/aromatic N) is 1. The lowest BCUT2D eigenvalue weighted by Gasteiger charge is -2.38. The lowest BCUT2D eigenvalue weighted by molar-refractivity contribution is -0.272. The van der Waals surface area contributed by atoms with E-state index in [0.29, 0.717) is 5.90 Å². The molecule has 0 aromatic rings. The first-order valence-electron chi connectivity index (χ1n) is 4.77. The van der Waals surface area contributed by atoms with Gasteiger partial charge >= 0.3 is 0 Å². The van der Waals surface area contributed by atoms with E-state index in [4.69, 9.17) is 9.47 Å². The smallest absolute Gasteiger partial charge is 0.230 e. The van der Waals surface area contributed by atoms with Crippen LogP contribution in [0.5, 0.6) is 0 Å². The molecule has 0 saturated carbocycles. The van der Waals surface area contributed by atoms with Gasteiger partial charge in [-0.1, -0.05) is 0 Å². The van der Waals surface area contributed by atoms with Gasteiger partial charge in [0, 0.05) is 14.0 Å². The number of aliphatic hydroxyl groups is 3. The maximum Gasteiger partial charge on any atom is 0.230 e. The molecule has 15 heavy (non-hydrogen) atoms. The molecular weight excluding hydrogens is 202 g/mol. The first kappa shape index (κ1) is 12.4. The SMILES string of the molecule is CN=C(C)OC1O[C@H](C)[C@H](O)[C@H](O)[C@H]1O. The third-order valence-electron chi connectivity index (χ3n) is 2.41. The van der Waals surface area contributed by atoms with Gasteiger partial charge in [-0.2, -0.15) is 0 Å². The number of aliphatic hydroxyl groups excluding tert-OH is 3. The summed E-state index contributed by atoms with van der Waals surface area (Å²) in [5.41, 5.74) is 0. The van der Waals surface area contributed by atoms with E-state index in [1.165, 1.54) is 0 Å². The minimum atomic E-state index is -1.28. The van der Waals surface area contributed by atoms with Gasteiger partial charge in [0.2, 0.25) is 6.29 Å². The van der Waals surface area contributed by atoms with Gasteiger partial charge in [-0.3, -0.25) is 4.99 Å². The molecule has 5 atom stereocenters. The second-order valence-electron chi connectivity index (χ2n) is 3.54. The van der Waals surface area contributed by atoms with E-state index in [9.17, 15) is 15.3 Å².